The van der Waals surface area contributed by atoms with E-state index in [-0.39, 0.29) is 33.6 Å². The van der Waals surface area contributed by atoms with Crippen molar-refractivity contribution in [1.82, 2.24) is 14.7 Å². The Hall–Kier alpha value is -4.22. The lowest BCUT2D eigenvalue weighted by Crippen LogP contribution is -2.56. The third-order valence-electron chi connectivity index (χ3n) is 12.2. The fraction of sp³-hybridized carbons (Fsp3) is 0.455. The number of amides is 1. The number of aliphatic imine (C=N–C) groups is 1. The van der Waals surface area contributed by atoms with Crippen LogP contribution in [0.3, 0.4) is 0 Å². The first-order valence-electron chi connectivity index (χ1n) is 19.5. The molecular weight excluding hydrogens is 751 g/mol. The molecule has 0 aromatic heterocycles. The van der Waals surface area contributed by atoms with E-state index < -0.39 is 23.8 Å². The first kappa shape index (κ1) is 40.0. The minimum absolute atomic E-state index is 0.0728. The number of carbonyl (C=O) groups excluding carboxylic acids is 3. The molecule has 0 saturated carbocycles. The first-order chi connectivity index (χ1) is 27.2. The van der Waals surface area contributed by atoms with Crippen LogP contribution in [0.15, 0.2) is 89.1 Å². The number of esters is 2. The van der Waals surface area contributed by atoms with Crippen LogP contribution >= 0.6 is 23.2 Å². The molecule has 10 nitrogen and oxygen atoms in total. The number of halogens is 2. The van der Waals surface area contributed by atoms with Gasteiger partial charge in [0.25, 0.3) is 0 Å². The molecule has 4 aliphatic rings. The second kappa shape index (κ2) is 17.9. The molecule has 2 bridgehead atoms. The Labute approximate surface area is 339 Å². The molecule has 3 aromatic rings. The molecule has 56 heavy (non-hydrogen) atoms. The van der Waals surface area contributed by atoms with Gasteiger partial charge in [0.2, 0.25) is 5.91 Å². The predicted molar refractivity (Wildman–Crippen MR) is 217 cm³/mol. The molecule has 4 heterocycles. The maximum absolute atomic E-state index is 14.2. The van der Waals surface area contributed by atoms with E-state index in [1.807, 2.05) is 29.2 Å². The van der Waals surface area contributed by atoms with Crippen molar-refractivity contribution in [3.8, 4) is 5.75 Å². The van der Waals surface area contributed by atoms with Crippen LogP contribution in [-0.2, 0) is 36.8 Å². The Bertz CT molecular complexity index is 1950. The van der Waals surface area contributed by atoms with Gasteiger partial charge in [-0.3, -0.25) is 24.4 Å². The second-order valence-corrected chi connectivity index (χ2v) is 16.0. The smallest absolute Gasteiger partial charge is 0.336 e. The van der Waals surface area contributed by atoms with Crippen LogP contribution in [0.1, 0.15) is 61.1 Å². The van der Waals surface area contributed by atoms with Crippen LogP contribution in [0.2, 0.25) is 10.0 Å². The number of aryl methyl sites for hydroxylation is 1. The van der Waals surface area contributed by atoms with Crippen molar-refractivity contribution in [2.24, 2.45) is 10.9 Å². The molecule has 1 amide bonds. The van der Waals surface area contributed by atoms with E-state index in [2.05, 4.69) is 40.1 Å². The van der Waals surface area contributed by atoms with Gasteiger partial charge >= 0.3 is 11.9 Å². The maximum Gasteiger partial charge on any atom is 0.336 e. The average molecular weight is 802 g/mol. The number of methoxy groups -OCH3 is 3. The molecule has 0 radical (unpaired) electrons. The van der Waals surface area contributed by atoms with Crippen LogP contribution in [0.5, 0.6) is 5.75 Å². The van der Waals surface area contributed by atoms with Crippen LogP contribution in [0, 0.1) is 5.92 Å². The van der Waals surface area contributed by atoms with Gasteiger partial charge in [0.1, 0.15) is 11.7 Å². The number of nitrogens with zero attached hydrogens (tertiary/aromatic N) is 4. The summed E-state index contributed by atoms with van der Waals surface area (Å²) < 4.78 is 16.3. The topological polar surface area (TPSA) is 101 Å². The normalized spacial score (nSPS) is 24.1. The fourth-order valence-electron chi connectivity index (χ4n) is 9.42. The van der Waals surface area contributed by atoms with E-state index in [1.54, 1.807) is 25.3 Å². The number of para-hydroxylation sites is 1. The van der Waals surface area contributed by atoms with Gasteiger partial charge in [-0.25, -0.2) is 4.79 Å². The summed E-state index contributed by atoms with van der Waals surface area (Å²) in [5, 5.41) is 0.537. The van der Waals surface area contributed by atoms with Crippen molar-refractivity contribution < 1.29 is 28.6 Å². The predicted octanol–water partition coefficient (Wildman–Crippen LogP) is 7.12. The standard InChI is InChI=1S/C44H50Cl2N4O6/c1-54-37-15-8-7-12-29(37)16-19-35-40(43(52)55-2)42(39-33(45)13-9-14-34(39)46)41(44(53)56-3)36(47-35)26-38(51)49-22-20-48(21-23-49)32-24-30-17-18-31(25-32)50(30)27-28-10-5-4-6-11-28/h4-15,30-32,40,42H,16-27H2,1-3H3. The number of hydrogen-bond donors (Lipinski definition) is 0. The molecule has 0 spiro atoms. The largest absolute Gasteiger partial charge is 0.496 e. The summed E-state index contributed by atoms with van der Waals surface area (Å²) in [4.78, 5) is 54.0. The summed E-state index contributed by atoms with van der Waals surface area (Å²) in [6.07, 6.45) is 5.40. The van der Waals surface area contributed by atoms with Gasteiger partial charge in [-0.05, 0) is 73.4 Å². The summed E-state index contributed by atoms with van der Waals surface area (Å²) in [5.41, 5.74) is 3.43. The highest BCUT2D eigenvalue weighted by Crippen LogP contribution is 2.47. The Morgan fingerprint density at radius 1 is 0.768 bits per heavy atom. The van der Waals surface area contributed by atoms with Gasteiger partial charge in [0, 0.05) is 72.5 Å². The minimum atomic E-state index is -1.06. The number of hydrogen-bond acceptors (Lipinski definition) is 9. The van der Waals surface area contributed by atoms with Gasteiger partial charge in [0.05, 0.1) is 39.0 Å². The molecule has 7 rings (SSSR count). The molecule has 0 N–H and O–H groups in total. The van der Waals surface area contributed by atoms with E-state index in [9.17, 15) is 14.4 Å². The monoisotopic (exact) mass is 800 g/mol. The molecule has 4 unspecified atom stereocenters. The highest BCUT2D eigenvalue weighted by Gasteiger charge is 2.47. The van der Waals surface area contributed by atoms with Gasteiger partial charge in [-0.15, -0.1) is 0 Å². The van der Waals surface area contributed by atoms with E-state index in [1.165, 1.54) is 32.6 Å². The number of piperazine rings is 1. The van der Waals surface area contributed by atoms with Crippen molar-refractivity contribution in [3.63, 3.8) is 0 Å². The first-order valence-corrected chi connectivity index (χ1v) is 20.3. The molecule has 4 atom stereocenters. The summed E-state index contributed by atoms with van der Waals surface area (Å²) >= 11 is 13.6. The summed E-state index contributed by atoms with van der Waals surface area (Å²) in [5.74, 6) is -2.83. The average Bonchev–Trinajstić information content (AvgIpc) is 3.43. The highest BCUT2D eigenvalue weighted by atomic mass is 35.5. The summed E-state index contributed by atoms with van der Waals surface area (Å²) in [6, 6.07) is 25.1. The Morgan fingerprint density at radius 3 is 2.07 bits per heavy atom. The Morgan fingerprint density at radius 2 is 1.43 bits per heavy atom. The molecule has 12 heteroatoms. The number of ether oxygens (including phenoxy) is 3. The number of fused-ring (bicyclic) bond motifs is 2. The SMILES string of the molecule is COC(=O)C1=C(CC(=O)N2CCN(C3CC4CCC(C3)N4Cc3ccccc3)CC2)N=C(CCc2ccccc2OC)C(C(=O)OC)C1c1c(Cl)cccc1Cl. The van der Waals surface area contributed by atoms with Gasteiger partial charge in [-0.1, -0.05) is 77.8 Å². The molecule has 3 fully saturated rings. The van der Waals surface area contributed by atoms with E-state index in [0.717, 1.165) is 38.0 Å². The molecule has 3 aromatic carbocycles. The van der Waals surface area contributed by atoms with Gasteiger partial charge in [0.15, 0.2) is 0 Å². The number of rotatable bonds is 12. The molecule has 296 valence electrons. The van der Waals surface area contributed by atoms with Crippen LogP contribution in [0.4, 0.5) is 0 Å². The van der Waals surface area contributed by atoms with E-state index in [0.29, 0.717) is 61.1 Å². The fourth-order valence-corrected chi connectivity index (χ4v) is 10.1. The lowest BCUT2D eigenvalue weighted by Gasteiger charge is -2.46. The Kier molecular flexibility index (Phi) is 12.8. The maximum atomic E-state index is 14.2. The van der Waals surface area contributed by atoms with Crippen molar-refractivity contribution in [3.05, 3.63) is 111 Å². The quantitative estimate of drug-likeness (QED) is 0.179. The van der Waals surface area contributed by atoms with Crippen molar-refractivity contribution in [2.75, 3.05) is 47.5 Å². The number of piperidine rings is 1. The highest BCUT2D eigenvalue weighted by molar-refractivity contribution is 6.36. The van der Waals surface area contributed by atoms with Crippen molar-refractivity contribution >= 4 is 46.8 Å². The third-order valence-corrected chi connectivity index (χ3v) is 12.8. The van der Waals surface area contributed by atoms with Crippen LogP contribution < -0.4 is 4.74 Å². The number of benzene rings is 3. The van der Waals surface area contributed by atoms with E-state index >= 15 is 0 Å². The van der Waals surface area contributed by atoms with Gasteiger partial charge in [-0.2, -0.15) is 0 Å². The third kappa shape index (κ3) is 8.40. The van der Waals surface area contributed by atoms with Crippen LogP contribution in [0.25, 0.3) is 0 Å². The molecule has 3 saturated heterocycles. The zero-order valence-electron chi connectivity index (χ0n) is 32.3. The number of carbonyl (C=O) groups is 3. The van der Waals surface area contributed by atoms with E-state index in [4.69, 9.17) is 42.4 Å². The lowest BCUT2D eigenvalue weighted by atomic mass is 9.73. The van der Waals surface area contributed by atoms with Gasteiger partial charge < -0.3 is 19.1 Å². The molecular formula is C44H50Cl2N4O6. The molecule has 0 aliphatic carbocycles. The second-order valence-electron chi connectivity index (χ2n) is 15.1. The summed E-state index contributed by atoms with van der Waals surface area (Å²) in [7, 11) is 4.17. The van der Waals surface area contributed by atoms with Crippen molar-refractivity contribution in [1.29, 1.82) is 0 Å². The zero-order chi connectivity index (χ0) is 39.3. The lowest BCUT2D eigenvalue weighted by molar-refractivity contribution is -0.143. The van der Waals surface area contributed by atoms with Crippen molar-refractivity contribution in [2.45, 2.75) is 75.5 Å². The zero-order valence-corrected chi connectivity index (χ0v) is 33.8. The van der Waals surface area contributed by atoms with Crippen LogP contribution in [-0.4, -0.2) is 104 Å². The summed E-state index contributed by atoms with van der Waals surface area (Å²) in [6.45, 7) is 3.73. The Balaban J connectivity index is 1.13. The minimum Gasteiger partial charge on any atom is -0.496 e. The molecule has 4 aliphatic heterocycles.